The van der Waals surface area contributed by atoms with Gasteiger partial charge in [-0.05, 0) is 36.1 Å². The summed E-state index contributed by atoms with van der Waals surface area (Å²) in [5.41, 5.74) is 4.26. The average molecular weight is 490 g/mol. The third kappa shape index (κ3) is 6.27. The molecule has 1 spiro atoms. The molecule has 1 unspecified atom stereocenters. The molecule has 2 aliphatic heterocycles. The molecule has 2 aromatic rings. The van der Waals surface area contributed by atoms with Crippen molar-refractivity contribution in [2.75, 3.05) is 19.6 Å². The molecule has 0 amide bonds. The van der Waals surface area contributed by atoms with Crippen LogP contribution < -0.4 is 0 Å². The number of fused-ring (bicyclic) bond motifs is 2. The predicted octanol–water partition coefficient (Wildman–Crippen LogP) is 3.68. The number of thiazole rings is 1. The zero-order valence-electron chi connectivity index (χ0n) is 17.3. The molecule has 180 valence electrons. The highest BCUT2D eigenvalue weighted by Gasteiger charge is 2.43. The Kier molecular flexibility index (Phi) is 7.70. The smallest absolute Gasteiger partial charge is 0.481 e. The van der Waals surface area contributed by atoms with E-state index >= 15 is 0 Å². The fourth-order valence-electron chi connectivity index (χ4n) is 4.06. The van der Waals surface area contributed by atoms with Crippen LogP contribution in [0.3, 0.4) is 0 Å². The summed E-state index contributed by atoms with van der Waals surface area (Å²) < 4.78 is 51.2. The van der Waals surface area contributed by atoms with Gasteiger partial charge >= 0.3 is 18.1 Å². The number of benzene rings is 1. The van der Waals surface area contributed by atoms with E-state index in [0.717, 1.165) is 42.8 Å². The highest BCUT2D eigenvalue weighted by molar-refractivity contribution is 7.07. The van der Waals surface area contributed by atoms with Gasteiger partial charge < -0.3 is 19.8 Å². The van der Waals surface area contributed by atoms with Crippen molar-refractivity contribution in [3.05, 3.63) is 51.7 Å². The Hall–Kier alpha value is -2.57. The topological polar surface area (TPSA) is 100.0 Å². The minimum Gasteiger partial charge on any atom is -0.481 e. The van der Waals surface area contributed by atoms with E-state index in [4.69, 9.17) is 14.6 Å². The Labute approximate surface area is 190 Å². The van der Waals surface area contributed by atoms with Gasteiger partial charge in [0.25, 0.3) is 0 Å². The highest BCUT2D eigenvalue weighted by Crippen LogP contribution is 2.44. The van der Waals surface area contributed by atoms with Gasteiger partial charge in [0, 0.05) is 31.4 Å². The number of carboxylic acid groups (broad SMARTS) is 2. The molecular weight excluding hydrogens is 468 g/mol. The van der Waals surface area contributed by atoms with Crippen LogP contribution in [0.2, 0.25) is 0 Å². The first-order chi connectivity index (χ1) is 15.5. The maximum atomic E-state index is 13.4. The van der Waals surface area contributed by atoms with Crippen LogP contribution >= 0.6 is 11.3 Å². The van der Waals surface area contributed by atoms with Crippen LogP contribution in [0.4, 0.5) is 17.6 Å². The molecular formula is C21H22F4N2O5S. The van der Waals surface area contributed by atoms with E-state index in [1.165, 1.54) is 17.4 Å². The zero-order valence-corrected chi connectivity index (χ0v) is 18.2. The molecule has 0 saturated carbocycles. The van der Waals surface area contributed by atoms with E-state index in [1.807, 2.05) is 11.4 Å². The van der Waals surface area contributed by atoms with Gasteiger partial charge in [-0.3, -0.25) is 4.79 Å². The molecule has 1 fully saturated rings. The third-order valence-corrected chi connectivity index (χ3v) is 6.37. The molecule has 3 heterocycles. The number of aromatic nitrogens is 1. The molecule has 4 rings (SSSR count). The largest absolute Gasteiger partial charge is 0.490 e. The maximum Gasteiger partial charge on any atom is 0.490 e. The quantitative estimate of drug-likeness (QED) is 0.617. The number of piperidine rings is 1. The van der Waals surface area contributed by atoms with Crippen LogP contribution in [0, 0.1) is 11.7 Å². The Morgan fingerprint density at radius 1 is 1.24 bits per heavy atom. The Morgan fingerprint density at radius 2 is 1.91 bits per heavy atom. The highest BCUT2D eigenvalue weighted by atomic mass is 32.1. The van der Waals surface area contributed by atoms with E-state index in [0.29, 0.717) is 19.6 Å². The van der Waals surface area contributed by atoms with E-state index in [-0.39, 0.29) is 11.4 Å². The van der Waals surface area contributed by atoms with Gasteiger partial charge in [-0.2, -0.15) is 13.2 Å². The number of nitrogens with zero attached hydrogens (tertiary/aromatic N) is 2. The lowest BCUT2D eigenvalue weighted by Gasteiger charge is -2.40. The Bertz CT molecular complexity index is 976. The molecule has 33 heavy (non-hydrogen) atoms. The van der Waals surface area contributed by atoms with E-state index < -0.39 is 24.0 Å². The van der Waals surface area contributed by atoms with Crippen molar-refractivity contribution in [2.45, 2.75) is 37.6 Å². The first kappa shape index (κ1) is 25.1. The van der Waals surface area contributed by atoms with Crippen molar-refractivity contribution in [3.63, 3.8) is 0 Å². The maximum absolute atomic E-state index is 13.4. The van der Waals surface area contributed by atoms with Crippen LogP contribution in [0.5, 0.6) is 0 Å². The minimum absolute atomic E-state index is 0.229. The van der Waals surface area contributed by atoms with E-state index in [1.54, 1.807) is 11.6 Å². The van der Waals surface area contributed by atoms with Gasteiger partial charge in [0.2, 0.25) is 0 Å². The predicted molar refractivity (Wildman–Crippen MR) is 109 cm³/mol. The zero-order chi connectivity index (χ0) is 24.2. The normalized spacial score (nSPS) is 18.3. The molecule has 1 aromatic carbocycles. The second kappa shape index (κ2) is 10.1. The standard InChI is InChI=1S/C19H21FN2O3S.C2HF3O2/c20-15-1-2-17-14(7-15)10-25-19(17)3-5-22(6-4-19)9-13(18(23)24)8-16-11-26-12-21-16;3-2(4,5)1(6)7/h1-2,7,11-13H,3-6,8-10H2,(H,23,24);(H,6,7). The van der Waals surface area contributed by atoms with Gasteiger partial charge in [0.05, 0.1) is 29.3 Å². The summed E-state index contributed by atoms with van der Waals surface area (Å²) >= 11 is 1.49. The molecule has 1 atom stereocenters. The van der Waals surface area contributed by atoms with Crippen LogP contribution in [0.15, 0.2) is 29.1 Å². The Morgan fingerprint density at radius 3 is 2.45 bits per heavy atom. The number of ether oxygens (including phenoxy) is 1. The number of likely N-dealkylation sites (tertiary alicyclic amines) is 1. The summed E-state index contributed by atoms with van der Waals surface area (Å²) in [7, 11) is 0. The van der Waals surface area contributed by atoms with Crippen molar-refractivity contribution in [3.8, 4) is 0 Å². The summed E-state index contributed by atoms with van der Waals surface area (Å²) in [5.74, 6) is -4.23. The summed E-state index contributed by atoms with van der Waals surface area (Å²) in [4.78, 5) is 26.9. The summed E-state index contributed by atoms with van der Waals surface area (Å²) in [5, 5.41) is 18.6. The molecule has 2 N–H and O–H groups in total. The lowest BCUT2D eigenvalue weighted by molar-refractivity contribution is -0.192. The van der Waals surface area contributed by atoms with Crippen molar-refractivity contribution in [1.82, 2.24) is 9.88 Å². The minimum atomic E-state index is -5.08. The molecule has 0 radical (unpaired) electrons. The van der Waals surface area contributed by atoms with Crippen LogP contribution in [0.25, 0.3) is 0 Å². The molecule has 0 aliphatic carbocycles. The number of aliphatic carboxylic acids is 2. The monoisotopic (exact) mass is 490 g/mol. The lowest BCUT2D eigenvalue weighted by atomic mass is 9.83. The van der Waals surface area contributed by atoms with Gasteiger partial charge in [-0.15, -0.1) is 11.3 Å². The van der Waals surface area contributed by atoms with Gasteiger partial charge in [-0.25, -0.2) is 14.2 Å². The first-order valence-corrected chi connectivity index (χ1v) is 11.0. The number of carboxylic acids is 2. The summed E-state index contributed by atoms with van der Waals surface area (Å²) in [6.07, 6.45) is -3.03. The average Bonchev–Trinajstić information content (AvgIpc) is 3.37. The third-order valence-electron chi connectivity index (χ3n) is 5.74. The SMILES string of the molecule is O=C(O)C(Cc1cscn1)CN1CCC2(CC1)OCc1cc(F)ccc12.O=C(O)C(F)(F)F. The number of hydrogen-bond donors (Lipinski definition) is 2. The second-order valence-electron chi connectivity index (χ2n) is 7.91. The number of rotatable bonds is 5. The lowest BCUT2D eigenvalue weighted by Crippen LogP contribution is -2.45. The van der Waals surface area contributed by atoms with Crippen molar-refractivity contribution in [1.29, 1.82) is 0 Å². The summed E-state index contributed by atoms with van der Waals surface area (Å²) in [6, 6.07) is 4.90. The Balaban J connectivity index is 0.000000383. The van der Waals surface area contributed by atoms with Gasteiger partial charge in [-0.1, -0.05) is 6.07 Å². The van der Waals surface area contributed by atoms with Gasteiger partial charge in [0.1, 0.15) is 5.82 Å². The summed E-state index contributed by atoms with van der Waals surface area (Å²) in [6.45, 7) is 2.52. The van der Waals surface area contributed by atoms with Gasteiger partial charge in [0.15, 0.2) is 0 Å². The molecule has 1 aromatic heterocycles. The van der Waals surface area contributed by atoms with E-state index in [2.05, 4.69) is 9.88 Å². The number of carbonyl (C=O) groups is 2. The molecule has 7 nitrogen and oxygen atoms in total. The number of halogens is 4. The van der Waals surface area contributed by atoms with Crippen LogP contribution in [-0.4, -0.2) is 57.8 Å². The van der Waals surface area contributed by atoms with Crippen LogP contribution in [-0.2, 0) is 33.0 Å². The van der Waals surface area contributed by atoms with Crippen molar-refractivity contribution >= 4 is 23.3 Å². The fourth-order valence-corrected chi connectivity index (χ4v) is 4.63. The van der Waals surface area contributed by atoms with E-state index in [9.17, 15) is 27.5 Å². The van der Waals surface area contributed by atoms with Crippen LogP contribution in [0.1, 0.15) is 29.7 Å². The first-order valence-electron chi connectivity index (χ1n) is 10.1. The molecule has 0 bridgehead atoms. The van der Waals surface area contributed by atoms with Crippen molar-refractivity contribution < 1.29 is 42.1 Å². The molecule has 12 heteroatoms. The number of alkyl halides is 3. The molecule has 1 saturated heterocycles. The number of hydrogen-bond acceptors (Lipinski definition) is 6. The van der Waals surface area contributed by atoms with Crippen molar-refractivity contribution in [2.24, 2.45) is 5.92 Å². The molecule has 2 aliphatic rings. The second-order valence-corrected chi connectivity index (χ2v) is 8.63. The fraction of sp³-hybridized carbons (Fsp3) is 0.476.